The summed E-state index contributed by atoms with van der Waals surface area (Å²) in [5.74, 6) is -3.20. The van der Waals surface area contributed by atoms with E-state index in [1.54, 1.807) is 0 Å². The first-order valence-corrected chi connectivity index (χ1v) is 29.2. The van der Waals surface area contributed by atoms with Crippen LogP contribution in [0, 0.1) is 0 Å². The zero-order chi connectivity index (χ0) is 54.7. The number of ether oxygens (including phenoxy) is 5. The lowest BCUT2D eigenvalue weighted by molar-refractivity contribution is -0.301. The van der Waals surface area contributed by atoms with Crippen LogP contribution in [0.5, 0.6) is 0 Å². The number of carbonyl (C=O) groups excluding carboxylic acids is 3. The third-order valence-electron chi connectivity index (χ3n) is 12.6. The Morgan fingerprint density at radius 1 is 0.453 bits per heavy atom. The summed E-state index contributed by atoms with van der Waals surface area (Å²) in [5, 5.41) is 31.5. The zero-order valence-corrected chi connectivity index (χ0v) is 46.8. The molecule has 1 aliphatic rings. The van der Waals surface area contributed by atoms with Crippen LogP contribution < -0.4 is 0 Å². The van der Waals surface area contributed by atoms with Crippen molar-refractivity contribution in [3.63, 3.8) is 0 Å². The van der Waals surface area contributed by atoms with Crippen molar-refractivity contribution < 1.29 is 58.2 Å². The second-order valence-corrected chi connectivity index (χ2v) is 19.5. The molecule has 0 aliphatic carbocycles. The Morgan fingerprint density at radius 2 is 0.840 bits per heavy atom. The molecule has 426 valence electrons. The van der Waals surface area contributed by atoms with Crippen molar-refractivity contribution in [2.45, 2.75) is 263 Å². The monoisotopic (exact) mass is 1050 g/mol. The molecule has 0 aromatic rings. The zero-order valence-electron chi connectivity index (χ0n) is 46.8. The van der Waals surface area contributed by atoms with E-state index in [1.165, 1.54) is 25.7 Å². The molecule has 12 heteroatoms. The molecule has 0 bridgehead atoms. The smallest absolute Gasteiger partial charge is 0.335 e. The van der Waals surface area contributed by atoms with Gasteiger partial charge in [0.25, 0.3) is 0 Å². The standard InChI is InChI=1S/C63H102O12/c1-4-7-10-13-16-19-22-25-27-28-30-32-34-37-40-43-46-49-55(64)71-52-54(73-56(65)50-47-44-41-38-35-31-24-21-18-15-12-9-6-3)53-72-63-61(59(68)58(67)60(75-63)62(69)70)74-57(66)51-48-45-42-39-36-33-29-26-23-20-17-14-11-8-5-2/h7,9-10,12,16-21,25-27,29,31,35,54,58-61,63,67-68H,4-6,8,11,13-15,22-24,28,30,32-34,36-53H2,1-3H3,(H,69,70)/b10-7-,12-9-,19-16-,20-17-,21-18-,27-25-,29-26-,35-31-. The summed E-state index contributed by atoms with van der Waals surface area (Å²) in [7, 11) is 0. The second kappa shape index (κ2) is 50.5. The van der Waals surface area contributed by atoms with Gasteiger partial charge in [-0.2, -0.15) is 0 Å². The highest BCUT2D eigenvalue weighted by molar-refractivity contribution is 5.74. The van der Waals surface area contributed by atoms with E-state index >= 15 is 0 Å². The number of aliphatic hydroxyl groups is 2. The van der Waals surface area contributed by atoms with Gasteiger partial charge in [0.05, 0.1) is 6.61 Å². The minimum Gasteiger partial charge on any atom is -0.479 e. The van der Waals surface area contributed by atoms with Gasteiger partial charge in [-0.1, -0.05) is 189 Å². The number of hydrogen-bond donors (Lipinski definition) is 3. The molecule has 0 amide bonds. The topological polar surface area (TPSA) is 175 Å². The van der Waals surface area contributed by atoms with E-state index in [9.17, 15) is 34.5 Å². The molecule has 0 saturated carbocycles. The fourth-order valence-corrected chi connectivity index (χ4v) is 8.19. The molecule has 3 N–H and O–H groups in total. The van der Waals surface area contributed by atoms with Crippen LogP contribution in [0.2, 0.25) is 0 Å². The summed E-state index contributed by atoms with van der Waals surface area (Å²) in [6.45, 7) is 5.69. The van der Waals surface area contributed by atoms with Gasteiger partial charge in [-0.15, -0.1) is 0 Å². The van der Waals surface area contributed by atoms with Crippen LogP contribution >= 0.6 is 0 Å². The first-order chi connectivity index (χ1) is 36.6. The second-order valence-electron chi connectivity index (χ2n) is 19.5. The van der Waals surface area contributed by atoms with Gasteiger partial charge in [-0.25, -0.2) is 4.79 Å². The molecule has 0 aromatic heterocycles. The van der Waals surface area contributed by atoms with E-state index < -0.39 is 67.3 Å². The van der Waals surface area contributed by atoms with E-state index in [4.69, 9.17) is 23.7 Å². The normalized spacial score (nSPS) is 18.9. The number of esters is 3. The van der Waals surface area contributed by atoms with Gasteiger partial charge in [-0.3, -0.25) is 14.4 Å². The molecule has 75 heavy (non-hydrogen) atoms. The largest absolute Gasteiger partial charge is 0.479 e. The summed E-state index contributed by atoms with van der Waals surface area (Å²) in [5.41, 5.74) is 0. The van der Waals surface area contributed by atoms with Crippen LogP contribution in [-0.4, -0.2) is 89.2 Å². The van der Waals surface area contributed by atoms with Gasteiger partial charge in [0.1, 0.15) is 18.8 Å². The fraction of sp³-hybridized carbons (Fsp3) is 0.683. The highest BCUT2D eigenvalue weighted by Crippen LogP contribution is 2.26. The summed E-state index contributed by atoms with van der Waals surface area (Å²) in [6, 6.07) is 0. The van der Waals surface area contributed by atoms with Crippen LogP contribution in [0.4, 0.5) is 0 Å². The first kappa shape index (κ1) is 68.7. The van der Waals surface area contributed by atoms with Crippen LogP contribution in [0.1, 0.15) is 226 Å². The summed E-state index contributed by atoms with van der Waals surface area (Å²) >= 11 is 0. The van der Waals surface area contributed by atoms with Crippen LogP contribution in [0.3, 0.4) is 0 Å². The SMILES string of the molecule is CC/C=C\C/C=C\C/C=C\CCCCCCCCCC(=O)OCC(COC1OC(C(=O)O)C(O)C(O)C1OC(=O)CCCCCCC/C=C\C/C=C\CCCCC)OC(=O)CCCCC/C=C\C/C=C\C/C=C\CC. The molecule has 6 atom stereocenters. The lowest BCUT2D eigenvalue weighted by Gasteiger charge is -2.40. The Balaban J connectivity index is 2.72. The van der Waals surface area contributed by atoms with Crippen molar-refractivity contribution in [1.82, 2.24) is 0 Å². The maximum Gasteiger partial charge on any atom is 0.335 e. The van der Waals surface area contributed by atoms with Crippen LogP contribution in [0.25, 0.3) is 0 Å². The lowest BCUT2D eigenvalue weighted by Crippen LogP contribution is -2.61. The Kier molecular flexibility index (Phi) is 46.2. The quantitative estimate of drug-likeness (QED) is 0.0228. The molecule has 0 spiro atoms. The van der Waals surface area contributed by atoms with Crippen molar-refractivity contribution in [3.05, 3.63) is 97.2 Å². The van der Waals surface area contributed by atoms with Gasteiger partial charge in [0.15, 0.2) is 24.6 Å². The molecule has 12 nitrogen and oxygen atoms in total. The van der Waals surface area contributed by atoms with Crippen molar-refractivity contribution in [2.75, 3.05) is 13.2 Å². The predicted octanol–water partition coefficient (Wildman–Crippen LogP) is 14.9. The number of rotatable bonds is 48. The Morgan fingerprint density at radius 3 is 1.29 bits per heavy atom. The van der Waals surface area contributed by atoms with E-state index in [0.717, 1.165) is 141 Å². The first-order valence-electron chi connectivity index (χ1n) is 29.2. The number of aliphatic hydroxyl groups excluding tert-OH is 2. The summed E-state index contributed by atoms with van der Waals surface area (Å²) in [4.78, 5) is 51.1. The van der Waals surface area contributed by atoms with Gasteiger partial charge in [-0.05, 0) is 116 Å². The van der Waals surface area contributed by atoms with Crippen molar-refractivity contribution in [3.8, 4) is 0 Å². The van der Waals surface area contributed by atoms with Crippen molar-refractivity contribution in [2.24, 2.45) is 0 Å². The Labute approximate surface area is 453 Å². The van der Waals surface area contributed by atoms with Crippen molar-refractivity contribution in [1.29, 1.82) is 0 Å². The molecular weight excluding hydrogens is 949 g/mol. The molecule has 1 fully saturated rings. The molecule has 0 radical (unpaired) electrons. The van der Waals surface area contributed by atoms with Crippen LogP contribution in [-0.2, 0) is 42.9 Å². The third kappa shape index (κ3) is 40.6. The number of carbonyl (C=O) groups is 4. The number of hydrogen-bond acceptors (Lipinski definition) is 11. The van der Waals surface area contributed by atoms with Gasteiger partial charge in [0.2, 0.25) is 0 Å². The maximum absolute atomic E-state index is 13.1. The van der Waals surface area contributed by atoms with Crippen molar-refractivity contribution >= 4 is 23.9 Å². The fourth-order valence-electron chi connectivity index (χ4n) is 8.19. The number of carboxylic acids is 1. The molecular formula is C63H102O12. The number of aliphatic carboxylic acids is 1. The highest BCUT2D eigenvalue weighted by atomic mass is 16.7. The lowest BCUT2D eigenvalue weighted by atomic mass is 9.98. The maximum atomic E-state index is 13.1. The molecule has 1 rings (SSSR count). The summed E-state index contributed by atoms with van der Waals surface area (Å²) < 4.78 is 28.4. The van der Waals surface area contributed by atoms with E-state index in [0.29, 0.717) is 19.3 Å². The van der Waals surface area contributed by atoms with Gasteiger partial charge < -0.3 is 39.0 Å². The molecule has 1 saturated heterocycles. The van der Waals surface area contributed by atoms with Gasteiger partial charge >= 0.3 is 23.9 Å². The van der Waals surface area contributed by atoms with E-state index in [2.05, 4.69) is 118 Å². The Hall–Kier alpha value is -4.36. The molecule has 1 heterocycles. The summed E-state index contributed by atoms with van der Waals surface area (Å²) in [6.07, 6.45) is 53.8. The highest BCUT2D eigenvalue weighted by Gasteiger charge is 2.50. The van der Waals surface area contributed by atoms with E-state index in [1.807, 2.05) is 0 Å². The van der Waals surface area contributed by atoms with Gasteiger partial charge in [0, 0.05) is 19.3 Å². The number of unbranched alkanes of at least 4 members (excludes halogenated alkanes) is 18. The van der Waals surface area contributed by atoms with Crippen LogP contribution in [0.15, 0.2) is 97.2 Å². The molecule has 0 aromatic carbocycles. The van der Waals surface area contributed by atoms with E-state index in [-0.39, 0.29) is 25.9 Å². The number of allylic oxidation sites excluding steroid dienone is 16. The number of carboxylic acid groups (broad SMARTS) is 1. The predicted molar refractivity (Wildman–Crippen MR) is 303 cm³/mol. The molecule has 1 aliphatic heterocycles. The average molecular weight is 1050 g/mol. The minimum atomic E-state index is -1.92. The average Bonchev–Trinajstić information content (AvgIpc) is 3.39. The molecule has 6 unspecified atom stereocenters. The minimum absolute atomic E-state index is 0.0359. The Bertz CT molecular complexity index is 1670. The third-order valence-corrected chi connectivity index (χ3v) is 12.6.